The summed E-state index contributed by atoms with van der Waals surface area (Å²) in [6.07, 6.45) is 4.36. The van der Waals surface area contributed by atoms with Crippen LogP contribution in [-0.2, 0) is 6.54 Å². The van der Waals surface area contributed by atoms with Crippen LogP contribution in [-0.4, -0.2) is 45.7 Å². The monoisotopic (exact) mass is 419 g/mol. The van der Waals surface area contributed by atoms with Crippen LogP contribution < -0.4 is 15.6 Å². The molecule has 1 fully saturated rings. The van der Waals surface area contributed by atoms with Gasteiger partial charge < -0.3 is 24.5 Å². The number of aromatic amines is 1. The van der Waals surface area contributed by atoms with Crippen molar-refractivity contribution in [3.63, 3.8) is 0 Å². The number of aryl methyl sites for hydroxylation is 1. The molecule has 0 aliphatic carbocycles. The summed E-state index contributed by atoms with van der Waals surface area (Å²) in [6.45, 7) is 3.79. The second-order valence-corrected chi connectivity index (χ2v) is 8.34. The minimum absolute atomic E-state index is 0.0195. The molecule has 0 saturated carbocycles. The van der Waals surface area contributed by atoms with E-state index < -0.39 is 0 Å². The number of aromatic nitrogens is 3. The van der Waals surface area contributed by atoms with Gasteiger partial charge in [0, 0.05) is 49.3 Å². The minimum atomic E-state index is -0.106. The molecule has 0 unspecified atom stereocenters. The Hall–Kier alpha value is -3.55. The maximum atomic E-state index is 13.1. The van der Waals surface area contributed by atoms with Gasteiger partial charge in [-0.25, -0.2) is 9.78 Å². The molecule has 31 heavy (non-hydrogen) atoms. The van der Waals surface area contributed by atoms with Gasteiger partial charge in [0.2, 0.25) is 0 Å². The summed E-state index contributed by atoms with van der Waals surface area (Å²) in [4.78, 5) is 35.2. The fourth-order valence-electron chi connectivity index (χ4n) is 4.80. The highest BCUT2D eigenvalue weighted by atomic mass is 16.5. The summed E-state index contributed by atoms with van der Waals surface area (Å²) >= 11 is 0. The van der Waals surface area contributed by atoms with Crippen LogP contribution >= 0.6 is 0 Å². The molecule has 0 radical (unpaired) electrons. The number of imidazole rings is 1. The summed E-state index contributed by atoms with van der Waals surface area (Å²) in [6, 6.07) is 9.35. The van der Waals surface area contributed by atoms with Gasteiger partial charge in [-0.05, 0) is 55.2 Å². The highest BCUT2D eigenvalue weighted by Crippen LogP contribution is 2.36. The lowest BCUT2D eigenvalue weighted by molar-refractivity contribution is 0.139. The number of anilines is 1. The van der Waals surface area contributed by atoms with E-state index in [9.17, 15) is 9.59 Å². The summed E-state index contributed by atoms with van der Waals surface area (Å²) in [5.74, 6) is 1.75. The molecule has 5 rings (SSSR count). The molecule has 2 aliphatic rings. The van der Waals surface area contributed by atoms with E-state index in [2.05, 4.69) is 15.3 Å². The zero-order chi connectivity index (χ0) is 21.5. The summed E-state index contributed by atoms with van der Waals surface area (Å²) in [5, 5.41) is 3.03. The number of piperidine rings is 1. The quantitative estimate of drug-likeness (QED) is 0.682. The Morgan fingerprint density at radius 2 is 2.10 bits per heavy atom. The number of likely N-dealkylation sites (tertiary alicyclic amines) is 1. The average Bonchev–Trinajstić information content (AvgIpc) is 3.30. The number of rotatable bonds is 3. The van der Waals surface area contributed by atoms with Gasteiger partial charge in [0.25, 0.3) is 5.56 Å². The maximum absolute atomic E-state index is 13.1. The molecule has 3 aromatic rings. The van der Waals surface area contributed by atoms with Crippen molar-refractivity contribution in [2.24, 2.45) is 5.92 Å². The van der Waals surface area contributed by atoms with Crippen molar-refractivity contribution in [1.29, 1.82) is 0 Å². The molecule has 2 aromatic heterocycles. The smallest absolute Gasteiger partial charge is 0.321 e. The van der Waals surface area contributed by atoms with Gasteiger partial charge in [-0.3, -0.25) is 4.79 Å². The Morgan fingerprint density at radius 3 is 2.84 bits per heavy atom. The van der Waals surface area contributed by atoms with Gasteiger partial charge in [0.15, 0.2) is 0 Å². The van der Waals surface area contributed by atoms with E-state index in [0.717, 1.165) is 29.1 Å². The lowest BCUT2D eigenvalue weighted by Gasteiger charge is -2.42. The molecular formula is C23H25N5O3. The predicted molar refractivity (Wildman–Crippen MR) is 117 cm³/mol. The lowest BCUT2D eigenvalue weighted by Crippen LogP contribution is -2.50. The number of urea groups is 1. The fourth-order valence-corrected chi connectivity index (χ4v) is 4.80. The van der Waals surface area contributed by atoms with Crippen molar-refractivity contribution in [2.75, 3.05) is 25.5 Å². The molecule has 2 amide bonds. The first-order valence-corrected chi connectivity index (χ1v) is 10.5. The van der Waals surface area contributed by atoms with Crippen molar-refractivity contribution in [3.05, 3.63) is 64.3 Å². The number of benzene rings is 1. The van der Waals surface area contributed by atoms with Gasteiger partial charge in [-0.2, -0.15) is 0 Å². The molecule has 1 aromatic carbocycles. The van der Waals surface area contributed by atoms with Crippen LogP contribution in [0, 0.1) is 12.8 Å². The summed E-state index contributed by atoms with van der Waals surface area (Å²) in [5.41, 5.74) is 3.29. The molecule has 8 nitrogen and oxygen atoms in total. The Kier molecular flexibility index (Phi) is 4.77. The van der Waals surface area contributed by atoms with Crippen LogP contribution in [0.4, 0.5) is 10.5 Å². The molecule has 2 N–H and O–H groups in total. The number of nitrogens with one attached hydrogen (secondary N) is 2. The standard InChI is InChI=1S/C23H25N5O3/c1-14-9-17(31-2)3-5-19(14)26-23(30)27-11-15-10-16(13-27)20-6-4-18(21-24-7-8-25-21)22(29)28(20)12-15/h3-9,15-16H,10-13H2,1-2H3,(H,24,25)(H,26,30)/t15-,16+/m0/s1. The predicted octanol–water partition coefficient (Wildman–Crippen LogP) is 3.21. The molecule has 8 heteroatoms. The van der Waals surface area contributed by atoms with Crippen LogP contribution in [0.1, 0.15) is 23.6 Å². The topological polar surface area (TPSA) is 92.2 Å². The first-order chi connectivity index (χ1) is 15.0. The summed E-state index contributed by atoms with van der Waals surface area (Å²) in [7, 11) is 1.63. The van der Waals surface area contributed by atoms with Gasteiger partial charge in [0.1, 0.15) is 11.6 Å². The van der Waals surface area contributed by atoms with E-state index >= 15 is 0 Å². The Bertz CT molecular complexity index is 1180. The number of carbonyl (C=O) groups excluding carboxylic acids is 1. The minimum Gasteiger partial charge on any atom is -0.497 e. The zero-order valence-corrected chi connectivity index (χ0v) is 17.6. The molecule has 2 aliphatic heterocycles. The molecule has 0 spiro atoms. The summed E-state index contributed by atoms with van der Waals surface area (Å²) < 4.78 is 7.11. The average molecular weight is 419 g/mol. The first-order valence-electron chi connectivity index (χ1n) is 10.5. The van der Waals surface area contributed by atoms with E-state index in [1.54, 1.807) is 19.5 Å². The number of fused-ring (bicyclic) bond motifs is 4. The number of hydrogen-bond donors (Lipinski definition) is 2. The van der Waals surface area contributed by atoms with Crippen molar-refractivity contribution in [1.82, 2.24) is 19.4 Å². The van der Waals surface area contributed by atoms with E-state index in [1.165, 1.54) is 0 Å². The van der Waals surface area contributed by atoms with Gasteiger partial charge >= 0.3 is 6.03 Å². The van der Waals surface area contributed by atoms with Crippen LogP contribution in [0.25, 0.3) is 11.4 Å². The number of pyridine rings is 1. The maximum Gasteiger partial charge on any atom is 0.321 e. The third-order valence-corrected chi connectivity index (χ3v) is 6.32. The second kappa shape index (κ2) is 7.61. The second-order valence-electron chi connectivity index (χ2n) is 8.34. The van der Waals surface area contributed by atoms with Crippen LogP contribution in [0.5, 0.6) is 5.75 Å². The third kappa shape index (κ3) is 3.48. The molecule has 160 valence electrons. The number of hydrogen-bond acceptors (Lipinski definition) is 4. The van der Waals surface area contributed by atoms with Crippen molar-refractivity contribution in [3.8, 4) is 17.1 Å². The van der Waals surface area contributed by atoms with Gasteiger partial charge in [-0.1, -0.05) is 0 Å². The number of amides is 2. The van der Waals surface area contributed by atoms with Crippen molar-refractivity contribution >= 4 is 11.7 Å². The normalized spacial score (nSPS) is 19.6. The highest BCUT2D eigenvalue weighted by Gasteiger charge is 2.37. The van der Waals surface area contributed by atoms with Crippen molar-refractivity contribution in [2.45, 2.75) is 25.8 Å². The number of carbonyl (C=O) groups is 1. The number of methoxy groups -OCH3 is 1. The van der Waals surface area contributed by atoms with Crippen LogP contribution in [0.15, 0.2) is 47.5 Å². The number of H-pyrrole nitrogens is 1. The van der Waals surface area contributed by atoms with E-state index in [0.29, 0.717) is 31.0 Å². The lowest BCUT2D eigenvalue weighted by atomic mass is 9.83. The van der Waals surface area contributed by atoms with Crippen molar-refractivity contribution < 1.29 is 9.53 Å². The van der Waals surface area contributed by atoms with E-state index in [-0.39, 0.29) is 23.4 Å². The Morgan fingerprint density at radius 1 is 1.23 bits per heavy atom. The molecule has 4 heterocycles. The molecule has 2 bridgehead atoms. The van der Waals surface area contributed by atoms with Gasteiger partial charge in [-0.15, -0.1) is 0 Å². The fraction of sp³-hybridized carbons (Fsp3) is 0.348. The van der Waals surface area contributed by atoms with Crippen LogP contribution in [0.3, 0.4) is 0 Å². The van der Waals surface area contributed by atoms with E-state index in [1.807, 2.05) is 46.7 Å². The van der Waals surface area contributed by atoms with E-state index in [4.69, 9.17) is 4.74 Å². The first kappa shape index (κ1) is 19.4. The largest absolute Gasteiger partial charge is 0.497 e. The number of nitrogens with zero attached hydrogens (tertiary/aromatic N) is 3. The Balaban J connectivity index is 1.37. The van der Waals surface area contributed by atoms with Gasteiger partial charge in [0.05, 0.1) is 12.7 Å². The molecular weight excluding hydrogens is 394 g/mol. The number of ether oxygens (including phenoxy) is 1. The third-order valence-electron chi connectivity index (χ3n) is 6.32. The highest BCUT2D eigenvalue weighted by molar-refractivity contribution is 5.90. The Labute approximate surface area is 179 Å². The molecule has 2 atom stereocenters. The molecule has 1 saturated heterocycles. The SMILES string of the molecule is COc1ccc(NC(=O)N2C[C@@H]3C[C@H](C2)c2ccc(-c4ncc[nH]4)c(=O)n2C3)c(C)c1. The van der Waals surface area contributed by atoms with Crippen LogP contribution in [0.2, 0.25) is 0 Å². The zero-order valence-electron chi connectivity index (χ0n) is 17.6.